The molecule has 0 aliphatic rings. The van der Waals surface area contributed by atoms with Crippen LogP contribution in [0.25, 0.3) is 0 Å². The van der Waals surface area contributed by atoms with Gasteiger partial charge in [0.15, 0.2) is 0 Å². The van der Waals surface area contributed by atoms with E-state index in [0.29, 0.717) is 0 Å². The Kier molecular flexibility index (Phi) is 8.83. The lowest BCUT2D eigenvalue weighted by Gasteiger charge is -2.15. The summed E-state index contributed by atoms with van der Waals surface area (Å²) >= 11 is 0. The molecule has 1 aromatic carbocycles. The summed E-state index contributed by atoms with van der Waals surface area (Å²) in [5.74, 6) is -0.629. The number of amides is 1. The minimum Gasteiger partial charge on any atom is -0.355 e. The number of non-ortho nitro benzene ring substituents is 1. The summed E-state index contributed by atoms with van der Waals surface area (Å²) in [6, 6.07) is 4.22. The molecule has 2 unspecified atom stereocenters. The largest absolute Gasteiger partial charge is 0.355 e. The first-order valence-corrected chi connectivity index (χ1v) is 8.41. The molecule has 0 aliphatic heterocycles. The molecule has 0 radical (unpaired) electrons. The summed E-state index contributed by atoms with van der Waals surface area (Å²) in [7, 11) is -3.79. The van der Waals surface area contributed by atoms with Crippen LogP contribution in [0.3, 0.4) is 0 Å². The molecule has 0 aliphatic carbocycles. The maximum atomic E-state index is 12.0. The number of carbonyl (C=O) groups is 1. The average Bonchev–Trinajstić information content (AvgIpc) is 2.50. The Hall–Kier alpha value is -1.75. The molecule has 1 rings (SSSR count). The van der Waals surface area contributed by atoms with Gasteiger partial charge in [0.2, 0.25) is 15.9 Å². The van der Waals surface area contributed by atoms with Crippen LogP contribution in [-0.2, 0) is 14.8 Å². The minimum atomic E-state index is -3.79. The van der Waals surface area contributed by atoms with Crippen molar-refractivity contribution in [2.75, 3.05) is 13.1 Å². The van der Waals surface area contributed by atoms with Crippen LogP contribution in [0.1, 0.15) is 13.8 Å². The number of hydrogen-bond acceptors (Lipinski definition) is 6. The molecule has 2 atom stereocenters. The molecular weight excluding hydrogens is 360 g/mol. The summed E-state index contributed by atoms with van der Waals surface area (Å²) < 4.78 is 26.3. The van der Waals surface area contributed by atoms with Crippen molar-refractivity contribution in [2.24, 2.45) is 11.7 Å². The summed E-state index contributed by atoms with van der Waals surface area (Å²) in [5.41, 5.74) is 5.41. The van der Waals surface area contributed by atoms with E-state index in [9.17, 15) is 23.3 Å². The number of carbonyl (C=O) groups excluding carboxylic acids is 1. The van der Waals surface area contributed by atoms with Crippen LogP contribution in [0.5, 0.6) is 0 Å². The molecule has 0 saturated heterocycles. The first-order valence-electron chi connectivity index (χ1n) is 6.92. The van der Waals surface area contributed by atoms with Crippen LogP contribution < -0.4 is 15.8 Å². The van der Waals surface area contributed by atoms with Gasteiger partial charge in [-0.05, 0) is 19.1 Å². The lowest BCUT2D eigenvalue weighted by Crippen LogP contribution is -2.41. The first-order chi connectivity index (χ1) is 10.6. The Bertz CT molecular complexity index is 663. The number of nitro groups is 1. The smallest absolute Gasteiger partial charge is 0.269 e. The van der Waals surface area contributed by atoms with Crippen LogP contribution in [0.15, 0.2) is 29.2 Å². The minimum absolute atomic E-state index is 0. The standard InChI is InChI=1S/C13H20N4O5S.ClH/c1-9(10(2)14)13(18)15-7-8-16-23(21,22)12-5-3-11(4-6-12)17(19)20;/h3-6,9-10,16H,7-8,14H2,1-2H3,(H,15,18);1H. The summed E-state index contributed by atoms with van der Waals surface area (Å²) in [6.45, 7) is 3.50. The van der Waals surface area contributed by atoms with E-state index < -0.39 is 14.9 Å². The highest BCUT2D eigenvalue weighted by Crippen LogP contribution is 2.15. The van der Waals surface area contributed by atoms with Crippen LogP contribution in [0.2, 0.25) is 0 Å². The molecule has 0 aromatic heterocycles. The van der Waals surface area contributed by atoms with E-state index in [1.54, 1.807) is 13.8 Å². The fourth-order valence-corrected chi connectivity index (χ4v) is 2.63. The number of hydrogen-bond donors (Lipinski definition) is 3. The molecule has 1 amide bonds. The second-order valence-corrected chi connectivity index (χ2v) is 6.85. The van der Waals surface area contributed by atoms with Gasteiger partial charge in [-0.3, -0.25) is 14.9 Å². The Morgan fingerprint density at radius 3 is 2.25 bits per heavy atom. The predicted octanol–water partition coefficient (Wildman–Crippen LogP) is 0.394. The van der Waals surface area contributed by atoms with Gasteiger partial charge in [0.1, 0.15) is 0 Å². The van der Waals surface area contributed by atoms with Crippen LogP contribution >= 0.6 is 12.4 Å². The van der Waals surface area contributed by atoms with E-state index in [1.165, 1.54) is 0 Å². The fraction of sp³-hybridized carbons (Fsp3) is 0.462. The van der Waals surface area contributed by atoms with Crippen LogP contribution in [0.4, 0.5) is 5.69 Å². The van der Waals surface area contributed by atoms with Gasteiger partial charge >= 0.3 is 0 Å². The number of nitrogens with one attached hydrogen (secondary N) is 2. The molecule has 0 bridgehead atoms. The summed E-state index contributed by atoms with van der Waals surface area (Å²) in [4.78, 5) is 21.5. The van der Waals surface area contributed by atoms with Crippen molar-refractivity contribution >= 4 is 34.0 Å². The van der Waals surface area contributed by atoms with Crippen molar-refractivity contribution in [3.63, 3.8) is 0 Å². The monoisotopic (exact) mass is 380 g/mol. The topological polar surface area (TPSA) is 144 Å². The Morgan fingerprint density at radius 1 is 1.25 bits per heavy atom. The van der Waals surface area contributed by atoms with Gasteiger partial charge < -0.3 is 11.1 Å². The zero-order chi connectivity index (χ0) is 17.6. The van der Waals surface area contributed by atoms with E-state index in [4.69, 9.17) is 5.73 Å². The van der Waals surface area contributed by atoms with Gasteiger partial charge in [-0.15, -0.1) is 12.4 Å². The Morgan fingerprint density at radius 2 is 1.79 bits per heavy atom. The van der Waals surface area contributed by atoms with Crippen molar-refractivity contribution in [2.45, 2.75) is 24.8 Å². The molecule has 9 nitrogen and oxygen atoms in total. The van der Waals surface area contributed by atoms with Gasteiger partial charge in [-0.1, -0.05) is 6.92 Å². The van der Waals surface area contributed by atoms with Gasteiger partial charge in [0.25, 0.3) is 5.69 Å². The second kappa shape index (κ2) is 9.52. The lowest BCUT2D eigenvalue weighted by molar-refractivity contribution is -0.384. The van der Waals surface area contributed by atoms with Crippen molar-refractivity contribution in [3.8, 4) is 0 Å². The SMILES string of the molecule is CC(N)C(C)C(=O)NCCNS(=O)(=O)c1ccc([N+](=O)[O-])cc1.Cl. The normalized spacial score (nSPS) is 13.5. The number of halogens is 1. The zero-order valence-electron chi connectivity index (χ0n) is 13.3. The molecule has 0 spiro atoms. The second-order valence-electron chi connectivity index (χ2n) is 5.09. The molecule has 4 N–H and O–H groups in total. The number of nitrogens with zero attached hydrogens (tertiary/aromatic N) is 1. The molecule has 1 aromatic rings. The molecule has 24 heavy (non-hydrogen) atoms. The molecule has 0 fully saturated rings. The summed E-state index contributed by atoms with van der Waals surface area (Å²) in [5, 5.41) is 13.1. The van der Waals surface area contributed by atoms with Crippen LogP contribution in [-0.4, -0.2) is 38.4 Å². The molecular formula is C13H21ClN4O5S. The molecule has 0 saturated carbocycles. The van der Waals surface area contributed by atoms with Gasteiger partial charge in [0.05, 0.1) is 9.82 Å². The third kappa shape index (κ3) is 6.40. The molecule has 0 heterocycles. The number of rotatable bonds is 8. The van der Waals surface area contributed by atoms with Crippen molar-refractivity contribution < 1.29 is 18.1 Å². The zero-order valence-corrected chi connectivity index (χ0v) is 14.9. The van der Waals surface area contributed by atoms with Gasteiger partial charge in [-0.25, -0.2) is 13.1 Å². The van der Waals surface area contributed by atoms with E-state index in [1.807, 2.05) is 0 Å². The predicted molar refractivity (Wildman–Crippen MR) is 91.4 cm³/mol. The molecule has 11 heteroatoms. The van der Waals surface area contributed by atoms with Crippen molar-refractivity contribution in [1.82, 2.24) is 10.0 Å². The third-order valence-corrected chi connectivity index (χ3v) is 4.75. The number of nitrogens with two attached hydrogens (primary N) is 1. The van der Waals surface area contributed by atoms with Crippen molar-refractivity contribution in [3.05, 3.63) is 34.4 Å². The van der Waals surface area contributed by atoms with E-state index in [2.05, 4.69) is 10.0 Å². The highest BCUT2D eigenvalue weighted by molar-refractivity contribution is 7.89. The molecule has 136 valence electrons. The maximum absolute atomic E-state index is 12.0. The maximum Gasteiger partial charge on any atom is 0.269 e. The van der Waals surface area contributed by atoms with Gasteiger partial charge in [0, 0.05) is 37.2 Å². The lowest BCUT2D eigenvalue weighted by atomic mass is 10.0. The van der Waals surface area contributed by atoms with Crippen molar-refractivity contribution in [1.29, 1.82) is 0 Å². The number of benzene rings is 1. The van der Waals surface area contributed by atoms with E-state index in [0.717, 1.165) is 24.3 Å². The van der Waals surface area contributed by atoms with Gasteiger partial charge in [-0.2, -0.15) is 0 Å². The number of sulfonamides is 1. The highest BCUT2D eigenvalue weighted by Gasteiger charge is 2.18. The third-order valence-electron chi connectivity index (χ3n) is 3.28. The van der Waals surface area contributed by atoms with Crippen LogP contribution in [0, 0.1) is 16.0 Å². The Balaban J connectivity index is 0.00000529. The van der Waals surface area contributed by atoms with E-state index >= 15 is 0 Å². The fourth-order valence-electron chi connectivity index (χ4n) is 1.60. The highest BCUT2D eigenvalue weighted by atomic mass is 35.5. The number of nitro benzene ring substituents is 1. The quantitative estimate of drug-likeness (QED) is 0.338. The summed E-state index contributed by atoms with van der Waals surface area (Å²) in [6.07, 6.45) is 0. The van der Waals surface area contributed by atoms with E-state index in [-0.39, 0.29) is 53.9 Å². The average molecular weight is 381 g/mol. The Labute approximate surface area is 146 Å². The first kappa shape index (κ1) is 22.2.